The predicted molar refractivity (Wildman–Crippen MR) is 95.9 cm³/mol. The monoisotopic (exact) mass is 341 g/mol. The molecule has 3 aromatic rings. The lowest BCUT2D eigenvalue weighted by atomic mass is 10.1. The van der Waals surface area contributed by atoms with Gasteiger partial charge in [0, 0.05) is 5.02 Å². The second kappa shape index (κ2) is 8.67. The lowest BCUT2D eigenvalue weighted by Crippen LogP contribution is -2.31. The largest absolute Gasteiger partial charge is 0.342 e. The van der Waals surface area contributed by atoms with E-state index in [1.54, 1.807) is 0 Å². The molecule has 0 aliphatic rings. The smallest absolute Gasteiger partial charge is 0.245 e. The molecule has 0 spiro atoms. The number of aryl methyl sites for hydroxylation is 1. The first-order chi connectivity index (χ1) is 11.8. The van der Waals surface area contributed by atoms with Gasteiger partial charge in [-0.05, 0) is 36.1 Å². The summed E-state index contributed by atoms with van der Waals surface area (Å²) >= 11 is 5.91. The van der Waals surface area contributed by atoms with Gasteiger partial charge in [0.25, 0.3) is 0 Å². The number of nitrogens with zero attached hydrogens (tertiary/aromatic N) is 2. The highest BCUT2D eigenvalue weighted by molar-refractivity contribution is 6.30. The van der Waals surface area contributed by atoms with E-state index in [0.717, 1.165) is 31.0 Å². The van der Waals surface area contributed by atoms with Crippen LogP contribution in [0, 0.1) is 0 Å². The predicted octanol–water partition coefficient (Wildman–Crippen LogP) is 4.08. The van der Waals surface area contributed by atoms with Crippen molar-refractivity contribution in [3.05, 3.63) is 89.5 Å². The van der Waals surface area contributed by atoms with E-state index < -0.39 is 0 Å². The topological polar surface area (TPSA) is 18.0 Å². The number of benzene rings is 2. The van der Waals surface area contributed by atoms with E-state index in [-0.39, 0.29) is 0 Å². The number of aromatic nitrogens is 2. The minimum atomic E-state index is 0.586. The number of rotatable bonds is 8. The van der Waals surface area contributed by atoms with Crippen molar-refractivity contribution in [2.24, 2.45) is 0 Å². The molecule has 0 bridgehead atoms. The van der Waals surface area contributed by atoms with Crippen LogP contribution < -0.4 is 4.57 Å². The van der Waals surface area contributed by atoms with Gasteiger partial charge in [-0.15, -0.1) is 0 Å². The van der Waals surface area contributed by atoms with Gasteiger partial charge in [-0.2, -0.15) is 0 Å². The number of hydrogen-bond donors (Lipinski definition) is 0. The van der Waals surface area contributed by atoms with Gasteiger partial charge in [0.2, 0.25) is 6.33 Å². The number of ether oxygens (including phenoxy) is 1. The molecule has 2 aromatic carbocycles. The van der Waals surface area contributed by atoms with E-state index in [1.807, 2.05) is 36.5 Å². The standard InChI is InChI=1S/C20H22ClN2O/c21-20-10-8-19(9-11-20)15-22-12-13-23(16-22)17-24-14-4-7-18-5-2-1-3-6-18/h1-3,5-6,8-13,16H,4,7,14-15,17H2/q+1. The van der Waals surface area contributed by atoms with E-state index in [0.29, 0.717) is 6.73 Å². The van der Waals surface area contributed by atoms with Crippen molar-refractivity contribution in [3.63, 3.8) is 0 Å². The molecular formula is C20H22ClN2O+. The molecule has 1 aromatic heterocycles. The van der Waals surface area contributed by atoms with Crippen LogP contribution in [0.4, 0.5) is 0 Å². The van der Waals surface area contributed by atoms with Crippen molar-refractivity contribution in [3.8, 4) is 0 Å². The molecule has 0 unspecified atom stereocenters. The van der Waals surface area contributed by atoms with Crippen molar-refractivity contribution in [2.45, 2.75) is 26.1 Å². The molecule has 0 saturated carbocycles. The molecule has 0 amide bonds. The number of imidazole rings is 1. The Kier molecular flexibility index (Phi) is 6.05. The summed E-state index contributed by atoms with van der Waals surface area (Å²) in [4.78, 5) is 0. The Bertz CT molecular complexity index is 738. The molecule has 0 fully saturated rings. The average Bonchev–Trinajstić information content (AvgIpc) is 3.05. The average molecular weight is 342 g/mol. The van der Waals surface area contributed by atoms with Crippen molar-refractivity contribution >= 4 is 11.6 Å². The Hall–Kier alpha value is -2.10. The molecular weight excluding hydrogens is 320 g/mol. The van der Waals surface area contributed by atoms with E-state index in [9.17, 15) is 0 Å². The van der Waals surface area contributed by atoms with Gasteiger partial charge in [0.15, 0.2) is 6.73 Å². The highest BCUT2D eigenvalue weighted by Crippen LogP contribution is 2.09. The molecule has 0 atom stereocenters. The molecule has 1 heterocycles. The second-order valence-electron chi connectivity index (χ2n) is 5.85. The maximum atomic E-state index is 5.91. The fourth-order valence-electron chi connectivity index (χ4n) is 2.60. The van der Waals surface area contributed by atoms with Crippen LogP contribution in [-0.4, -0.2) is 11.2 Å². The SMILES string of the molecule is Clc1ccc(C[n+]2ccn(COCCCc3ccccc3)c2)cc1. The summed E-state index contributed by atoms with van der Waals surface area (Å²) in [5.74, 6) is 0. The summed E-state index contributed by atoms with van der Waals surface area (Å²) in [6.45, 7) is 2.19. The highest BCUT2D eigenvalue weighted by Gasteiger charge is 2.05. The number of hydrogen-bond acceptors (Lipinski definition) is 1. The van der Waals surface area contributed by atoms with Gasteiger partial charge in [0.05, 0.1) is 6.61 Å². The first-order valence-electron chi connectivity index (χ1n) is 8.20. The summed E-state index contributed by atoms with van der Waals surface area (Å²) in [5, 5.41) is 0.769. The van der Waals surface area contributed by atoms with Crippen LogP contribution in [0.15, 0.2) is 73.3 Å². The summed E-state index contributed by atoms with van der Waals surface area (Å²) in [6.07, 6.45) is 8.25. The van der Waals surface area contributed by atoms with Crippen LogP contribution in [-0.2, 0) is 24.4 Å². The molecule has 124 valence electrons. The summed E-state index contributed by atoms with van der Waals surface area (Å²) in [6, 6.07) is 18.5. The second-order valence-corrected chi connectivity index (χ2v) is 6.29. The van der Waals surface area contributed by atoms with Gasteiger partial charge in [-0.3, -0.25) is 0 Å². The molecule has 0 aliphatic heterocycles. The summed E-state index contributed by atoms with van der Waals surface area (Å²) in [5.41, 5.74) is 2.59. The zero-order chi connectivity index (χ0) is 16.6. The zero-order valence-corrected chi connectivity index (χ0v) is 14.4. The third kappa shape index (κ3) is 5.22. The van der Waals surface area contributed by atoms with Gasteiger partial charge in [-0.1, -0.05) is 54.1 Å². The van der Waals surface area contributed by atoms with Crippen LogP contribution in [0.1, 0.15) is 17.5 Å². The summed E-state index contributed by atoms with van der Waals surface area (Å²) in [7, 11) is 0. The maximum absolute atomic E-state index is 5.91. The fraction of sp³-hybridized carbons (Fsp3) is 0.250. The molecule has 0 aliphatic carbocycles. The van der Waals surface area contributed by atoms with Crippen molar-refractivity contribution in [2.75, 3.05) is 6.61 Å². The molecule has 0 saturated heterocycles. The maximum Gasteiger partial charge on any atom is 0.245 e. The van der Waals surface area contributed by atoms with Gasteiger partial charge in [0.1, 0.15) is 18.9 Å². The molecule has 3 nitrogen and oxygen atoms in total. The fourth-order valence-corrected chi connectivity index (χ4v) is 2.73. The lowest BCUT2D eigenvalue weighted by molar-refractivity contribution is -0.688. The van der Waals surface area contributed by atoms with Crippen LogP contribution in [0.3, 0.4) is 0 Å². The van der Waals surface area contributed by atoms with E-state index in [1.165, 1.54) is 11.1 Å². The normalized spacial score (nSPS) is 10.9. The van der Waals surface area contributed by atoms with E-state index in [2.05, 4.69) is 45.9 Å². The Morgan fingerprint density at radius 1 is 0.958 bits per heavy atom. The first kappa shape index (κ1) is 16.7. The molecule has 0 radical (unpaired) electrons. The minimum absolute atomic E-state index is 0.586. The third-order valence-corrected chi connectivity index (χ3v) is 4.11. The Balaban J connectivity index is 1.39. The Morgan fingerprint density at radius 2 is 1.75 bits per heavy atom. The van der Waals surface area contributed by atoms with Crippen molar-refractivity contribution in [1.82, 2.24) is 4.57 Å². The Morgan fingerprint density at radius 3 is 2.54 bits per heavy atom. The first-order valence-corrected chi connectivity index (χ1v) is 8.58. The van der Waals surface area contributed by atoms with E-state index >= 15 is 0 Å². The quantitative estimate of drug-likeness (QED) is 0.446. The minimum Gasteiger partial charge on any atom is -0.342 e. The molecule has 3 rings (SSSR count). The van der Waals surface area contributed by atoms with Crippen molar-refractivity contribution in [1.29, 1.82) is 0 Å². The molecule has 0 N–H and O–H groups in total. The van der Waals surface area contributed by atoms with Crippen LogP contribution in [0.5, 0.6) is 0 Å². The zero-order valence-electron chi connectivity index (χ0n) is 13.6. The van der Waals surface area contributed by atoms with Gasteiger partial charge >= 0.3 is 0 Å². The summed E-state index contributed by atoms with van der Waals surface area (Å²) < 4.78 is 9.94. The van der Waals surface area contributed by atoms with Crippen molar-refractivity contribution < 1.29 is 9.30 Å². The van der Waals surface area contributed by atoms with Crippen LogP contribution >= 0.6 is 11.6 Å². The van der Waals surface area contributed by atoms with Gasteiger partial charge < -0.3 is 4.74 Å². The third-order valence-electron chi connectivity index (χ3n) is 3.86. The van der Waals surface area contributed by atoms with Crippen LogP contribution in [0.25, 0.3) is 0 Å². The number of halogens is 1. The molecule has 24 heavy (non-hydrogen) atoms. The lowest BCUT2D eigenvalue weighted by Gasteiger charge is -2.02. The Labute approximate surface area is 148 Å². The van der Waals surface area contributed by atoms with E-state index in [4.69, 9.17) is 16.3 Å². The highest BCUT2D eigenvalue weighted by atomic mass is 35.5. The molecule has 4 heteroatoms. The van der Waals surface area contributed by atoms with Gasteiger partial charge in [-0.25, -0.2) is 9.13 Å². The van der Waals surface area contributed by atoms with Crippen LogP contribution in [0.2, 0.25) is 5.02 Å².